The van der Waals surface area contributed by atoms with Gasteiger partial charge >= 0.3 is 0 Å². The van der Waals surface area contributed by atoms with E-state index < -0.39 is 0 Å². The minimum Gasteiger partial charge on any atom is -0.497 e. The van der Waals surface area contributed by atoms with Crippen LogP contribution in [-0.2, 0) is 0 Å². The van der Waals surface area contributed by atoms with E-state index in [2.05, 4.69) is 31.9 Å². The second-order valence-corrected chi connectivity index (χ2v) is 6.57. The molecule has 1 heterocycles. The maximum atomic E-state index is 12.4. The van der Waals surface area contributed by atoms with Gasteiger partial charge < -0.3 is 9.15 Å². The van der Waals surface area contributed by atoms with Gasteiger partial charge in [0.25, 0.3) is 0 Å². The maximum Gasteiger partial charge on any atom is 0.235 e. The number of fused-ring (bicyclic) bond motifs is 1. The lowest BCUT2D eigenvalue weighted by Gasteiger charge is -2.04. The number of ether oxygens (including phenoxy) is 1. The fourth-order valence-corrected chi connectivity index (χ4v) is 3.39. The third kappa shape index (κ3) is 3.09. The highest BCUT2D eigenvalue weighted by Crippen LogP contribution is 2.25. The fraction of sp³-hybridized carbons (Fsp3) is 0.0588. The van der Waals surface area contributed by atoms with Crippen molar-refractivity contribution in [3.05, 3.63) is 71.9 Å². The molecular weight excluding hydrogens is 428 g/mol. The Bertz CT molecular complexity index is 1020. The standard InChI is InChI=1S/C17H10Br2O4/c1-22-11-4-2-3-9(5-11)15-8-14(20)12-6-10(18)7-13(19)16(21)17(12)23-15/h2-8H,1H3. The zero-order chi connectivity index (χ0) is 16.6. The van der Waals surface area contributed by atoms with Crippen LogP contribution in [0.25, 0.3) is 22.3 Å². The summed E-state index contributed by atoms with van der Waals surface area (Å²) < 4.78 is 11.8. The van der Waals surface area contributed by atoms with Crippen LogP contribution >= 0.6 is 31.9 Å². The zero-order valence-corrected chi connectivity index (χ0v) is 15.1. The first-order valence-corrected chi connectivity index (χ1v) is 8.20. The van der Waals surface area contributed by atoms with E-state index >= 15 is 0 Å². The molecular formula is C17H10Br2O4. The van der Waals surface area contributed by atoms with Gasteiger partial charge in [0.2, 0.25) is 5.43 Å². The Hall–Kier alpha value is -1.92. The minimum atomic E-state index is -0.382. The third-order valence-corrected chi connectivity index (χ3v) is 4.36. The lowest BCUT2D eigenvalue weighted by molar-refractivity contribution is 0.415. The molecule has 2 aromatic carbocycles. The van der Waals surface area contributed by atoms with Crippen molar-refractivity contribution in [2.75, 3.05) is 7.11 Å². The molecule has 0 aliphatic rings. The van der Waals surface area contributed by atoms with Crippen molar-refractivity contribution in [2.45, 2.75) is 0 Å². The van der Waals surface area contributed by atoms with Gasteiger partial charge in [-0.25, -0.2) is 0 Å². The highest BCUT2D eigenvalue weighted by atomic mass is 79.9. The normalized spacial score (nSPS) is 10.7. The zero-order valence-electron chi connectivity index (χ0n) is 11.9. The quantitative estimate of drug-likeness (QED) is 0.597. The van der Waals surface area contributed by atoms with E-state index in [0.29, 0.717) is 26.0 Å². The van der Waals surface area contributed by atoms with E-state index in [4.69, 9.17) is 9.15 Å². The van der Waals surface area contributed by atoms with Gasteiger partial charge in [-0.1, -0.05) is 28.1 Å². The second-order valence-electron chi connectivity index (χ2n) is 4.80. The topological polar surface area (TPSA) is 56.5 Å². The molecule has 0 spiro atoms. The van der Waals surface area contributed by atoms with Crippen LogP contribution in [0.15, 0.2) is 65.4 Å². The lowest BCUT2D eigenvalue weighted by atomic mass is 10.1. The Labute approximate surface area is 148 Å². The molecule has 0 unspecified atom stereocenters. The molecule has 116 valence electrons. The van der Waals surface area contributed by atoms with Gasteiger partial charge in [0.05, 0.1) is 17.0 Å². The SMILES string of the molecule is COc1cccc(-c2cc(=O)c3cc(Br)cc(Br)c(=O)c3o2)c1. The van der Waals surface area contributed by atoms with Gasteiger partial charge in [0, 0.05) is 16.1 Å². The largest absolute Gasteiger partial charge is 0.497 e. The molecule has 0 atom stereocenters. The summed E-state index contributed by atoms with van der Waals surface area (Å²) in [7, 11) is 1.56. The van der Waals surface area contributed by atoms with Crippen molar-refractivity contribution in [3.8, 4) is 17.1 Å². The first-order valence-electron chi connectivity index (χ1n) is 6.61. The molecule has 3 aromatic rings. The van der Waals surface area contributed by atoms with Gasteiger partial charge in [-0.3, -0.25) is 9.59 Å². The van der Waals surface area contributed by atoms with Crippen molar-refractivity contribution in [1.29, 1.82) is 0 Å². The highest BCUT2D eigenvalue weighted by molar-refractivity contribution is 9.11. The van der Waals surface area contributed by atoms with E-state index in [1.807, 2.05) is 0 Å². The summed E-state index contributed by atoms with van der Waals surface area (Å²) >= 11 is 6.50. The van der Waals surface area contributed by atoms with Crippen molar-refractivity contribution in [2.24, 2.45) is 0 Å². The first-order chi connectivity index (χ1) is 11.0. The molecule has 0 bridgehead atoms. The number of hydrogen-bond acceptors (Lipinski definition) is 4. The molecule has 0 amide bonds. The molecule has 1 aromatic heterocycles. The van der Waals surface area contributed by atoms with Crippen molar-refractivity contribution in [3.63, 3.8) is 0 Å². The number of benzene rings is 1. The second kappa shape index (κ2) is 6.29. The summed E-state index contributed by atoms with van der Waals surface area (Å²) in [6.07, 6.45) is 0. The van der Waals surface area contributed by atoms with Crippen LogP contribution in [0, 0.1) is 0 Å². The maximum absolute atomic E-state index is 12.4. The predicted octanol–water partition coefficient (Wildman–Crippen LogP) is 4.35. The Morgan fingerprint density at radius 2 is 1.83 bits per heavy atom. The van der Waals surface area contributed by atoms with Crippen LogP contribution in [0.3, 0.4) is 0 Å². The molecule has 6 heteroatoms. The summed E-state index contributed by atoms with van der Waals surface area (Å²) in [5, 5.41) is 0.222. The summed E-state index contributed by atoms with van der Waals surface area (Å²) in [5.41, 5.74) is -0.00476. The van der Waals surface area contributed by atoms with E-state index in [9.17, 15) is 9.59 Å². The van der Waals surface area contributed by atoms with Crippen LogP contribution in [0.2, 0.25) is 0 Å². The highest BCUT2D eigenvalue weighted by Gasteiger charge is 2.12. The summed E-state index contributed by atoms with van der Waals surface area (Å²) in [4.78, 5) is 24.8. The number of hydrogen-bond donors (Lipinski definition) is 0. The van der Waals surface area contributed by atoms with E-state index in [-0.39, 0.29) is 21.8 Å². The van der Waals surface area contributed by atoms with E-state index in [0.717, 1.165) is 0 Å². The molecule has 0 aliphatic heterocycles. The molecule has 0 saturated heterocycles. The molecule has 23 heavy (non-hydrogen) atoms. The van der Waals surface area contributed by atoms with Crippen molar-refractivity contribution >= 4 is 42.8 Å². The average molecular weight is 438 g/mol. The van der Waals surface area contributed by atoms with Gasteiger partial charge in [0.1, 0.15) is 11.5 Å². The number of rotatable bonds is 2. The minimum absolute atomic E-state index is 0.00731. The number of halogens is 2. The predicted molar refractivity (Wildman–Crippen MR) is 96.1 cm³/mol. The Morgan fingerprint density at radius 1 is 1.04 bits per heavy atom. The fourth-order valence-electron chi connectivity index (χ4n) is 2.20. The first kappa shape index (κ1) is 16.0. The Balaban J connectivity index is 2.38. The van der Waals surface area contributed by atoms with Crippen molar-refractivity contribution in [1.82, 2.24) is 0 Å². The third-order valence-electron chi connectivity index (χ3n) is 3.31. The Kier molecular flexibility index (Phi) is 4.37. The van der Waals surface area contributed by atoms with Crippen molar-refractivity contribution < 1.29 is 9.15 Å². The van der Waals surface area contributed by atoms with Gasteiger partial charge in [-0.2, -0.15) is 0 Å². The van der Waals surface area contributed by atoms with Gasteiger partial charge in [0.15, 0.2) is 11.0 Å². The van der Waals surface area contributed by atoms with Crippen LogP contribution in [0.1, 0.15) is 0 Å². The number of methoxy groups -OCH3 is 1. The molecule has 0 aliphatic carbocycles. The molecule has 0 saturated carbocycles. The summed E-state index contributed by atoms with van der Waals surface area (Å²) in [6.45, 7) is 0. The van der Waals surface area contributed by atoms with Gasteiger partial charge in [-0.15, -0.1) is 0 Å². The average Bonchev–Trinajstić information content (AvgIpc) is 2.65. The molecule has 0 N–H and O–H groups in total. The summed E-state index contributed by atoms with van der Waals surface area (Å²) in [6, 6.07) is 11.6. The molecule has 0 radical (unpaired) electrons. The van der Waals surface area contributed by atoms with Crippen LogP contribution in [0.5, 0.6) is 5.75 Å². The van der Waals surface area contributed by atoms with Crippen LogP contribution in [-0.4, -0.2) is 7.11 Å². The molecule has 3 rings (SSSR count). The van der Waals surface area contributed by atoms with Crippen LogP contribution in [0.4, 0.5) is 0 Å². The molecule has 0 fully saturated rings. The van der Waals surface area contributed by atoms with Crippen LogP contribution < -0.4 is 15.6 Å². The van der Waals surface area contributed by atoms with Gasteiger partial charge in [-0.05, 0) is 40.2 Å². The molecule has 4 nitrogen and oxygen atoms in total. The van der Waals surface area contributed by atoms with E-state index in [1.165, 1.54) is 6.07 Å². The summed E-state index contributed by atoms with van der Waals surface area (Å²) in [5.74, 6) is 0.947. The smallest absolute Gasteiger partial charge is 0.235 e. The Morgan fingerprint density at radius 3 is 2.57 bits per heavy atom. The van der Waals surface area contributed by atoms with E-state index in [1.54, 1.807) is 43.5 Å². The monoisotopic (exact) mass is 436 g/mol. The lowest BCUT2D eigenvalue weighted by Crippen LogP contribution is -2.06.